The summed E-state index contributed by atoms with van der Waals surface area (Å²) in [6.45, 7) is 3.04. The predicted octanol–water partition coefficient (Wildman–Crippen LogP) is 2.77. The van der Waals surface area contributed by atoms with Gasteiger partial charge in [-0.05, 0) is 55.2 Å². The Labute approximate surface area is 211 Å². The van der Waals surface area contributed by atoms with Gasteiger partial charge in [-0.1, -0.05) is 24.3 Å². The van der Waals surface area contributed by atoms with Crippen molar-refractivity contribution < 1.29 is 18.7 Å². The van der Waals surface area contributed by atoms with Crippen LogP contribution >= 0.6 is 23.2 Å². The second kappa shape index (κ2) is 13.6. The highest BCUT2D eigenvalue weighted by atomic mass is 35.5. The molecule has 34 heavy (non-hydrogen) atoms. The van der Waals surface area contributed by atoms with E-state index in [0.717, 1.165) is 11.3 Å². The summed E-state index contributed by atoms with van der Waals surface area (Å²) >= 11 is 11.7. The number of esters is 1. The Kier molecular flexibility index (Phi) is 11.2. The summed E-state index contributed by atoms with van der Waals surface area (Å²) in [6, 6.07) is 12.1. The first-order valence-corrected chi connectivity index (χ1v) is 12.0. The van der Waals surface area contributed by atoms with E-state index in [4.69, 9.17) is 41.5 Å². The van der Waals surface area contributed by atoms with Gasteiger partial charge in [0.2, 0.25) is 5.91 Å². The van der Waals surface area contributed by atoms with Crippen LogP contribution in [-0.4, -0.2) is 62.7 Å². The summed E-state index contributed by atoms with van der Waals surface area (Å²) < 4.78 is 18.3. The largest absolute Gasteiger partial charge is 0.465 e. The standard InChI is InChI=1S/C24H29BCl2FN3O3/c1-2-34-23(33)24(25,16-18-3-7-19(28)8-4-18)30-22(32)21(29)15-17-5-9-20(10-6-17)31(13-11-26)14-12-27/h3-10,21H,2,11-16,29H2,1H3,(H,30,32). The van der Waals surface area contributed by atoms with Gasteiger partial charge in [-0.3, -0.25) is 9.59 Å². The summed E-state index contributed by atoms with van der Waals surface area (Å²) in [5.74, 6) is -0.880. The maximum absolute atomic E-state index is 13.2. The fourth-order valence-electron chi connectivity index (χ4n) is 3.43. The Balaban J connectivity index is 2.09. The molecule has 0 aliphatic rings. The molecule has 182 valence electrons. The van der Waals surface area contributed by atoms with E-state index in [1.807, 2.05) is 24.3 Å². The number of ether oxygens (including phenoxy) is 1. The van der Waals surface area contributed by atoms with E-state index < -0.39 is 29.2 Å². The molecular formula is C24H29BCl2FN3O3. The number of benzene rings is 2. The second-order valence-corrected chi connectivity index (χ2v) is 8.58. The molecule has 0 fully saturated rings. The van der Waals surface area contributed by atoms with Gasteiger partial charge in [-0.2, -0.15) is 0 Å². The average molecular weight is 508 g/mol. The lowest BCUT2D eigenvalue weighted by molar-refractivity contribution is -0.149. The number of halogens is 3. The quantitative estimate of drug-likeness (QED) is 0.247. The van der Waals surface area contributed by atoms with Crippen LogP contribution in [0.3, 0.4) is 0 Å². The normalized spacial score (nSPS) is 13.6. The third kappa shape index (κ3) is 8.18. The summed E-state index contributed by atoms with van der Waals surface area (Å²) in [5, 5.41) is 2.53. The van der Waals surface area contributed by atoms with E-state index in [0.29, 0.717) is 30.4 Å². The van der Waals surface area contributed by atoms with Gasteiger partial charge in [0.25, 0.3) is 0 Å². The highest BCUT2D eigenvalue weighted by molar-refractivity contribution is 6.28. The minimum absolute atomic E-state index is 0.0833. The van der Waals surface area contributed by atoms with Gasteiger partial charge in [0.15, 0.2) is 0 Å². The minimum atomic E-state index is -1.85. The molecule has 2 unspecified atom stereocenters. The molecule has 0 saturated carbocycles. The Morgan fingerprint density at radius 3 is 2.18 bits per heavy atom. The molecule has 1 amide bonds. The van der Waals surface area contributed by atoms with Crippen LogP contribution < -0.4 is 16.0 Å². The highest BCUT2D eigenvalue weighted by Crippen LogP contribution is 2.18. The summed E-state index contributed by atoms with van der Waals surface area (Å²) in [6.07, 6.45) is 0.142. The number of anilines is 1. The van der Waals surface area contributed by atoms with Crippen LogP contribution in [-0.2, 0) is 27.2 Å². The van der Waals surface area contributed by atoms with Gasteiger partial charge in [-0.15, -0.1) is 23.2 Å². The van der Waals surface area contributed by atoms with E-state index in [1.54, 1.807) is 6.92 Å². The number of hydrogen-bond acceptors (Lipinski definition) is 5. The second-order valence-electron chi connectivity index (χ2n) is 7.83. The van der Waals surface area contributed by atoms with Gasteiger partial charge in [0.1, 0.15) is 13.7 Å². The van der Waals surface area contributed by atoms with E-state index in [2.05, 4.69) is 10.2 Å². The van der Waals surface area contributed by atoms with Crippen LogP contribution in [0.15, 0.2) is 48.5 Å². The predicted molar refractivity (Wildman–Crippen MR) is 135 cm³/mol. The maximum atomic E-state index is 13.2. The molecule has 0 bridgehead atoms. The van der Waals surface area contributed by atoms with Crippen molar-refractivity contribution in [2.45, 2.75) is 31.2 Å². The van der Waals surface area contributed by atoms with E-state index >= 15 is 0 Å². The fraction of sp³-hybridized carbons (Fsp3) is 0.417. The van der Waals surface area contributed by atoms with Crippen LogP contribution in [0.2, 0.25) is 0 Å². The molecule has 0 heterocycles. The number of nitrogens with zero attached hydrogens (tertiary/aromatic N) is 1. The summed E-state index contributed by atoms with van der Waals surface area (Å²) in [4.78, 5) is 27.5. The molecule has 0 aliphatic heterocycles. The van der Waals surface area contributed by atoms with Crippen molar-refractivity contribution in [1.29, 1.82) is 0 Å². The lowest BCUT2D eigenvalue weighted by atomic mass is 9.72. The fourth-order valence-corrected chi connectivity index (χ4v) is 3.84. The molecule has 2 radical (unpaired) electrons. The molecule has 2 rings (SSSR count). The van der Waals surface area contributed by atoms with Gasteiger partial charge < -0.3 is 20.7 Å². The number of nitrogens with one attached hydrogen (secondary N) is 1. The SMILES string of the molecule is [B]C(Cc1ccc(F)cc1)(NC(=O)C(N)Cc1ccc(N(CCCl)CCCl)cc1)C(=O)OCC. The Morgan fingerprint density at radius 1 is 1.09 bits per heavy atom. The molecule has 2 atom stereocenters. The minimum Gasteiger partial charge on any atom is -0.465 e. The molecular weight excluding hydrogens is 479 g/mol. The van der Waals surface area contributed by atoms with Gasteiger partial charge in [0, 0.05) is 30.5 Å². The van der Waals surface area contributed by atoms with Crippen molar-refractivity contribution in [3.8, 4) is 0 Å². The average Bonchev–Trinajstić information content (AvgIpc) is 2.81. The number of nitrogens with two attached hydrogens (primary N) is 1. The van der Waals surface area contributed by atoms with E-state index in [9.17, 15) is 14.0 Å². The van der Waals surface area contributed by atoms with Crippen molar-refractivity contribution in [2.24, 2.45) is 5.73 Å². The Morgan fingerprint density at radius 2 is 1.65 bits per heavy atom. The first kappa shape index (κ1) is 28.0. The van der Waals surface area contributed by atoms with Crippen LogP contribution in [0, 0.1) is 5.82 Å². The lowest BCUT2D eigenvalue weighted by Crippen LogP contribution is -2.60. The number of carbonyl (C=O) groups is 2. The van der Waals surface area contributed by atoms with Crippen LogP contribution in [0.5, 0.6) is 0 Å². The van der Waals surface area contributed by atoms with Gasteiger partial charge >= 0.3 is 5.97 Å². The van der Waals surface area contributed by atoms with Crippen molar-refractivity contribution in [3.63, 3.8) is 0 Å². The number of amides is 1. The monoisotopic (exact) mass is 507 g/mol. The molecule has 0 spiro atoms. The van der Waals surface area contributed by atoms with Gasteiger partial charge in [-0.25, -0.2) is 4.39 Å². The van der Waals surface area contributed by atoms with Crippen LogP contribution in [0.25, 0.3) is 0 Å². The zero-order chi connectivity index (χ0) is 25.1. The van der Waals surface area contributed by atoms with E-state index in [1.165, 1.54) is 24.3 Å². The van der Waals surface area contributed by atoms with Crippen molar-refractivity contribution >= 4 is 48.6 Å². The highest BCUT2D eigenvalue weighted by Gasteiger charge is 2.37. The van der Waals surface area contributed by atoms with Crippen molar-refractivity contribution in [2.75, 3.05) is 36.4 Å². The van der Waals surface area contributed by atoms with Crippen molar-refractivity contribution in [1.82, 2.24) is 5.32 Å². The molecule has 10 heteroatoms. The molecule has 0 saturated heterocycles. The topological polar surface area (TPSA) is 84.7 Å². The maximum Gasteiger partial charge on any atom is 0.322 e. The van der Waals surface area contributed by atoms with Crippen LogP contribution in [0.1, 0.15) is 18.1 Å². The molecule has 0 aliphatic carbocycles. The van der Waals surface area contributed by atoms with E-state index in [-0.39, 0.29) is 19.4 Å². The number of hydrogen-bond donors (Lipinski definition) is 2. The zero-order valence-electron chi connectivity index (χ0n) is 19.1. The molecule has 2 aromatic carbocycles. The first-order chi connectivity index (χ1) is 16.2. The Hall–Kier alpha value is -2.29. The number of rotatable bonds is 13. The first-order valence-electron chi connectivity index (χ1n) is 11.0. The molecule has 0 aromatic heterocycles. The third-order valence-corrected chi connectivity index (χ3v) is 5.52. The van der Waals surface area contributed by atoms with Gasteiger partial charge in [0.05, 0.1) is 18.1 Å². The number of carbonyl (C=O) groups excluding carboxylic acids is 2. The summed E-state index contributed by atoms with van der Waals surface area (Å²) in [7, 11) is 6.26. The molecule has 6 nitrogen and oxygen atoms in total. The lowest BCUT2D eigenvalue weighted by Gasteiger charge is -2.30. The Bertz CT molecular complexity index is 928. The molecule has 3 N–H and O–H groups in total. The number of alkyl halides is 2. The molecule has 2 aromatic rings. The van der Waals surface area contributed by atoms with Crippen molar-refractivity contribution in [3.05, 3.63) is 65.5 Å². The zero-order valence-corrected chi connectivity index (χ0v) is 20.6. The van der Waals surface area contributed by atoms with Crippen LogP contribution in [0.4, 0.5) is 10.1 Å². The summed E-state index contributed by atoms with van der Waals surface area (Å²) in [5.41, 5.74) is 6.62. The third-order valence-electron chi connectivity index (χ3n) is 5.18. The smallest absolute Gasteiger partial charge is 0.322 e.